The van der Waals surface area contributed by atoms with Gasteiger partial charge in [0.1, 0.15) is 5.01 Å². The normalized spacial score (nSPS) is 19.4. The molecule has 1 unspecified atom stereocenters. The van der Waals surface area contributed by atoms with Crippen LogP contribution in [0.3, 0.4) is 0 Å². The smallest absolute Gasteiger partial charge is 0.223 e. The number of anilines is 1. The highest BCUT2D eigenvalue weighted by Gasteiger charge is 2.28. The molecular weight excluding hydrogens is 292 g/mol. The molecule has 1 atom stereocenters. The summed E-state index contributed by atoms with van der Waals surface area (Å²) in [4.78, 5) is 22.4. The molecule has 3 rings (SSSR count). The van der Waals surface area contributed by atoms with Gasteiger partial charge in [-0.2, -0.15) is 0 Å². The van der Waals surface area contributed by atoms with Crippen LogP contribution >= 0.6 is 22.7 Å². The van der Waals surface area contributed by atoms with Gasteiger partial charge in [0.05, 0.1) is 18.3 Å². The van der Waals surface area contributed by atoms with Crippen LogP contribution in [0.4, 0.5) is 5.13 Å². The summed E-state index contributed by atoms with van der Waals surface area (Å²) in [5, 5.41) is 8.65. The monoisotopic (exact) mass is 308 g/mol. The number of carbonyl (C=O) groups excluding carboxylic acids is 1. The molecule has 5 nitrogen and oxygen atoms in total. The molecule has 3 heterocycles. The van der Waals surface area contributed by atoms with Crippen molar-refractivity contribution in [3.63, 3.8) is 0 Å². The van der Waals surface area contributed by atoms with Gasteiger partial charge in [-0.15, -0.1) is 22.7 Å². The van der Waals surface area contributed by atoms with Crippen molar-refractivity contribution < 1.29 is 4.79 Å². The number of carbonyl (C=O) groups is 1. The topological polar surface area (TPSA) is 58.1 Å². The van der Waals surface area contributed by atoms with Crippen LogP contribution in [0.1, 0.15) is 36.5 Å². The molecule has 1 amide bonds. The number of thiazole rings is 2. The van der Waals surface area contributed by atoms with Crippen molar-refractivity contribution in [3.05, 3.63) is 27.7 Å². The molecule has 2 aromatic heterocycles. The summed E-state index contributed by atoms with van der Waals surface area (Å²) in [6.07, 6.45) is 4.15. The maximum Gasteiger partial charge on any atom is 0.223 e. The van der Waals surface area contributed by atoms with E-state index in [-0.39, 0.29) is 5.91 Å². The average Bonchev–Trinajstić information content (AvgIpc) is 3.10. The fraction of sp³-hybridized carbons (Fsp3) is 0.462. The van der Waals surface area contributed by atoms with E-state index in [1.165, 1.54) is 24.7 Å². The fourth-order valence-corrected chi connectivity index (χ4v) is 3.95. The van der Waals surface area contributed by atoms with Crippen LogP contribution in [-0.4, -0.2) is 27.3 Å². The third-order valence-electron chi connectivity index (χ3n) is 3.33. The minimum Gasteiger partial charge on any atom is -0.302 e. The highest BCUT2D eigenvalue weighted by atomic mass is 32.1. The van der Waals surface area contributed by atoms with E-state index >= 15 is 0 Å². The molecule has 1 aliphatic heterocycles. The lowest BCUT2D eigenvalue weighted by atomic mass is 10.2. The largest absolute Gasteiger partial charge is 0.302 e. The zero-order chi connectivity index (χ0) is 13.9. The lowest BCUT2D eigenvalue weighted by Gasteiger charge is -2.21. The van der Waals surface area contributed by atoms with E-state index < -0.39 is 0 Å². The van der Waals surface area contributed by atoms with Gasteiger partial charge in [0, 0.05) is 23.9 Å². The van der Waals surface area contributed by atoms with Crippen LogP contribution in [0, 0.1) is 0 Å². The van der Waals surface area contributed by atoms with Gasteiger partial charge in [-0.3, -0.25) is 9.69 Å². The van der Waals surface area contributed by atoms with Gasteiger partial charge < -0.3 is 5.32 Å². The summed E-state index contributed by atoms with van der Waals surface area (Å²) in [5.74, 6) is -0.0723. The third-order valence-corrected chi connectivity index (χ3v) is 4.87. The zero-order valence-corrected chi connectivity index (χ0v) is 12.8. The molecule has 1 fully saturated rings. The minimum atomic E-state index is -0.0723. The molecule has 106 valence electrons. The maximum absolute atomic E-state index is 11.1. The summed E-state index contributed by atoms with van der Waals surface area (Å²) >= 11 is 3.19. The van der Waals surface area contributed by atoms with Crippen LogP contribution in [0.5, 0.6) is 0 Å². The molecule has 0 saturated carbocycles. The van der Waals surface area contributed by atoms with Crippen molar-refractivity contribution >= 4 is 33.7 Å². The van der Waals surface area contributed by atoms with Crippen LogP contribution in [0.2, 0.25) is 0 Å². The van der Waals surface area contributed by atoms with Gasteiger partial charge in [-0.1, -0.05) is 0 Å². The van der Waals surface area contributed by atoms with Crippen molar-refractivity contribution in [2.45, 2.75) is 32.4 Å². The van der Waals surface area contributed by atoms with Crippen molar-refractivity contribution in [1.82, 2.24) is 14.9 Å². The Morgan fingerprint density at radius 3 is 3.20 bits per heavy atom. The van der Waals surface area contributed by atoms with Gasteiger partial charge in [-0.25, -0.2) is 9.97 Å². The predicted octanol–water partition coefficient (Wildman–Crippen LogP) is 2.90. The van der Waals surface area contributed by atoms with Gasteiger partial charge in [0.15, 0.2) is 5.13 Å². The van der Waals surface area contributed by atoms with E-state index in [9.17, 15) is 4.79 Å². The molecule has 0 spiro atoms. The lowest BCUT2D eigenvalue weighted by molar-refractivity contribution is -0.114. The lowest BCUT2D eigenvalue weighted by Crippen LogP contribution is -2.23. The zero-order valence-electron chi connectivity index (χ0n) is 11.2. The Kier molecular flexibility index (Phi) is 4.09. The molecule has 0 aromatic carbocycles. The Hall–Kier alpha value is -1.31. The van der Waals surface area contributed by atoms with Gasteiger partial charge in [0.2, 0.25) is 5.91 Å². The van der Waals surface area contributed by atoms with Crippen LogP contribution in [0.25, 0.3) is 0 Å². The molecule has 0 bridgehead atoms. The SMILES string of the molecule is CC(=O)Nc1nc(C2CCCN2Cc2nccs2)cs1. The van der Waals surface area contributed by atoms with Crippen molar-refractivity contribution in [2.24, 2.45) is 0 Å². The first kappa shape index (κ1) is 13.7. The van der Waals surface area contributed by atoms with Crippen LogP contribution in [0.15, 0.2) is 17.0 Å². The van der Waals surface area contributed by atoms with Crippen molar-refractivity contribution in [2.75, 3.05) is 11.9 Å². The predicted molar refractivity (Wildman–Crippen MR) is 80.9 cm³/mol. The number of hydrogen-bond acceptors (Lipinski definition) is 6. The number of likely N-dealkylation sites (tertiary alicyclic amines) is 1. The first-order chi connectivity index (χ1) is 9.72. The average molecular weight is 308 g/mol. The van der Waals surface area contributed by atoms with E-state index in [1.54, 1.807) is 11.3 Å². The van der Waals surface area contributed by atoms with E-state index in [0.29, 0.717) is 11.2 Å². The maximum atomic E-state index is 11.1. The highest BCUT2D eigenvalue weighted by molar-refractivity contribution is 7.14. The summed E-state index contributed by atoms with van der Waals surface area (Å²) in [6.45, 7) is 3.47. The number of hydrogen-bond donors (Lipinski definition) is 1. The number of nitrogens with zero attached hydrogens (tertiary/aromatic N) is 3. The Morgan fingerprint density at radius 1 is 1.55 bits per heavy atom. The molecule has 1 saturated heterocycles. The van der Waals surface area contributed by atoms with E-state index in [0.717, 1.165) is 30.2 Å². The molecule has 2 aromatic rings. The first-order valence-electron chi connectivity index (χ1n) is 6.58. The van der Waals surface area contributed by atoms with E-state index in [2.05, 4.69) is 25.6 Å². The van der Waals surface area contributed by atoms with Gasteiger partial charge in [0.25, 0.3) is 0 Å². The van der Waals surface area contributed by atoms with Crippen molar-refractivity contribution in [3.8, 4) is 0 Å². The first-order valence-corrected chi connectivity index (χ1v) is 8.34. The standard InChI is InChI=1S/C13H16N4OS2/c1-9(18)15-13-16-10(8-20-13)11-3-2-5-17(11)7-12-14-4-6-19-12/h4,6,8,11H,2-3,5,7H2,1H3,(H,15,16,18). The van der Waals surface area contributed by atoms with Crippen LogP contribution in [-0.2, 0) is 11.3 Å². The second-order valence-corrected chi connectivity index (χ2v) is 6.65. The summed E-state index contributed by atoms with van der Waals surface area (Å²) in [5.41, 5.74) is 1.06. The second-order valence-electron chi connectivity index (χ2n) is 4.81. The molecule has 20 heavy (non-hydrogen) atoms. The Balaban J connectivity index is 1.71. The summed E-state index contributed by atoms with van der Waals surface area (Å²) in [6, 6.07) is 0.345. The Morgan fingerprint density at radius 2 is 2.45 bits per heavy atom. The molecule has 0 aliphatic carbocycles. The number of rotatable bonds is 4. The number of amides is 1. The number of aromatic nitrogens is 2. The molecule has 1 N–H and O–H groups in total. The van der Waals surface area contributed by atoms with Gasteiger partial charge in [-0.05, 0) is 19.4 Å². The van der Waals surface area contributed by atoms with Crippen molar-refractivity contribution in [1.29, 1.82) is 0 Å². The Labute approximate surface area is 125 Å². The minimum absolute atomic E-state index is 0.0723. The quantitative estimate of drug-likeness (QED) is 0.943. The fourth-order valence-electron chi connectivity index (χ4n) is 2.50. The Bertz CT molecular complexity index is 581. The van der Waals surface area contributed by atoms with Gasteiger partial charge >= 0.3 is 0 Å². The molecule has 1 aliphatic rings. The van der Waals surface area contributed by atoms with E-state index in [1.807, 2.05) is 11.6 Å². The summed E-state index contributed by atoms with van der Waals surface area (Å²) in [7, 11) is 0. The van der Waals surface area contributed by atoms with Crippen LogP contribution < -0.4 is 5.32 Å². The number of nitrogens with one attached hydrogen (secondary N) is 1. The highest BCUT2D eigenvalue weighted by Crippen LogP contribution is 2.34. The third kappa shape index (κ3) is 3.05. The summed E-state index contributed by atoms with van der Waals surface area (Å²) < 4.78 is 0. The van der Waals surface area contributed by atoms with E-state index in [4.69, 9.17) is 0 Å². The molecular formula is C13H16N4OS2. The molecule has 0 radical (unpaired) electrons. The molecule has 7 heteroatoms. The second kappa shape index (κ2) is 5.99.